The highest BCUT2D eigenvalue weighted by Crippen LogP contribution is 2.42. The minimum atomic E-state index is -0.610. The van der Waals surface area contributed by atoms with Crippen LogP contribution in [-0.4, -0.2) is 45.3 Å². The van der Waals surface area contributed by atoms with Crippen molar-refractivity contribution in [2.45, 2.75) is 37.6 Å². The Balaban J connectivity index is 1.73. The lowest BCUT2D eigenvalue weighted by Crippen LogP contribution is -2.51. The highest BCUT2D eigenvalue weighted by Gasteiger charge is 2.45. The van der Waals surface area contributed by atoms with Crippen LogP contribution in [0.5, 0.6) is 5.75 Å². The van der Waals surface area contributed by atoms with E-state index in [0.717, 1.165) is 43.5 Å². The molecular formula is C22H26N6O2. The molecular weight excluding hydrogens is 380 g/mol. The molecule has 0 radical (unpaired) electrons. The topological polar surface area (TPSA) is 85.2 Å². The Hall–Kier alpha value is -3.42. The maximum Gasteiger partial charge on any atom is 0.322 e. The number of carbonyl (C=O) groups is 1. The summed E-state index contributed by atoms with van der Waals surface area (Å²) < 4.78 is 7.23. The van der Waals surface area contributed by atoms with E-state index in [2.05, 4.69) is 20.8 Å². The van der Waals surface area contributed by atoms with Crippen molar-refractivity contribution < 1.29 is 9.53 Å². The standard InChI is InChI=1S/C22H26N6O2/c1-27(21(29)23-17-11-5-3-6-12-17)22(15-9-4-10-16-22)20-24-25-26-28(20)18-13-7-8-14-19(18)30-2/h3,5-8,11-14H,4,9-10,15-16H2,1-2H3,(H,23,29). The molecule has 1 N–H and O–H groups in total. The first kappa shape index (κ1) is 19.9. The number of rotatable bonds is 5. The number of nitrogens with one attached hydrogen (secondary N) is 1. The molecule has 0 bridgehead atoms. The van der Waals surface area contributed by atoms with Crippen LogP contribution >= 0.6 is 0 Å². The van der Waals surface area contributed by atoms with Gasteiger partial charge in [-0.3, -0.25) is 0 Å². The first-order valence-corrected chi connectivity index (χ1v) is 10.2. The molecule has 1 aliphatic carbocycles. The van der Waals surface area contributed by atoms with Gasteiger partial charge in [0.2, 0.25) is 0 Å². The maximum absolute atomic E-state index is 13.2. The normalized spacial score (nSPS) is 15.4. The van der Waals surface area contributed by atoms with Crippen molar-refractivity contribution >= 4 is 11.7 Å². The summed E-state index contributed by atoms with van der Waals surface area (Å²) in [4.78, 5) is 15.0. The zero-order valence-corrected chi connectivity index (χ0v) is 17.3. The van der Waals surface area contributed by atoms with Crippen molar-refractivity contribution in [3.8, 4) is 11.4 Å². The molecule has 3 aromatic rings. The minimum absolute atomic E-state index is 0.183. The lowest BCUT2D eigenvalue weighted by atomic mass is 9.79. The molecule has 0 spiro atoms. The highest BCUT2D eigenvalue weighted by atomic mass is 16.5. The molecule has 8 heteroatoms. The molecule has 1 heterocycles. The molecule has 1 fully saturated rings. The van der Waals surface area contributed by atoms with Crippen LogP contribution in [0.4, 0.5) is 10.5 Å². The molecule has 8 nitrogen and oxygen atoms in total. The first-order chi connectivity index (χ1) is 14.7. The summed E-state index contributed by atoms with van der Waals surface area (Å²) in [6.45, 7) is 0. The molecule has 4 rings (SSSR count). The molecule has 1 saturated carbocycles. The molecule has 0 unspecified atom stereocenters. The SMILES string of the molecule is COc1ccccc1-n1nnnc1C1(N(C)C(=O)Nc2ccccc2)CCCCC1. The highest BCUT2D eigenvalue weighted by molar-refractivity contribution is 5.89. The number of tetrazole rings is 1. The van der Waals surface area contributed by atoms with Gasteiger partial charge in [0.25, 0.3) is 0 Å². The van der Waals surface area contributed by atoms with Crippen LogP contribution in [0.1, 0.15) is 37.9 Å². The van der Waals surface area contributed by atoms with Gasteiger partial charge in [0.1, 0.15) is 17.0 Å². The van der Waals surface area contributed by atoms with Crippen molar-refractivity contribution in [2.75, 3.05) is 19.5 Å². The molecule has 30 heavy (non-hydrogen) atoms. The quantitative estimate of drug-likeness (QED) is 0.692. The van der Waals surface area contributed by atoms with Crippen LogP contribution in [-0.2, 0) is 5.54 Å². The average Bonchev–Trinajstić information content (AvgIpc) is 3.30. The first-order valence-electron chi connectivity index (χ1n) is 10.2. The molecule has 0 atom stereocenters. The van der Waals surface area contributed by atoms with Gasteiger partial charge < -0.3 is 15.0 Å². The lowest BCUT2D eigenvalue weighted by Gasteiger charge is -2.43. The fourth-order valence-electron chi connectivity index (χ4n) is 4.21. The predicted octanol–water partition coefficient (Wildman–Crippen LogP) is 3.99. The van der Waals surface area contributed by atoms with Gasteiger partial charge in [0, 0.05) is 12.7 Å². The number of carbonyl (C=O) groups excluding carboxylic acids is 1. The fraction of sp³-hybridized carbons (Fsp3) is 0.364. The number of urea groups is 1. The third-order valence-corrected chi connectivity index (χ3v) is 5.85. The molecule has 0 aliphatic heterocycles. The Kier molecular flexibility index (Phi) is 5.65. The van der Waals surface area contributed by atoms with Gasteiger partial charge in [-0.25, -0.2) is 4.79 Å². The number of para-hydroxylation sites is 3. The third-order valence-electron chi connectivity index (χ3n) is 5.85. The van der Waals surface area contributed by atoms with Crippen molar-refractivity contribution in [1.82, 2.24) is 25.1 Å². The summed E-state index contributed by atoms with van der Waals surface area (Å²) >= 11 is 0. The number of ether oxygens (including phenoxy) is 1. The number of benzene rings is 2. The van der Waals surface area contributed by atoms with Crippen molar-refractivity contribution in [1.29, 1.82) is 0 Å². The molecule has 1 aliphatic rings. The Morgan fingerprint density at radius 2 is 1.77 bits per heavy atom. The smallest absolute Gasteiger partial charge is 0.322 e. The van der Waals surface area contributed by atoms with E-state index in [1.807, 2.05) is 61.6 Å². The lowest BCUT2D eigenvalue weighted by molar-refractivity contribution is 0.0935. The molecule has 2 amide bonds. The number of methoxy groups -OCH3 is 1. The van der Waals surface area contributed by atoms with E-state index in [0.29, 0.717) is 11.6 Å². The Bertz CT molecular complexity index is 998. The zero-order valence-electron chi connectivity index (χ0n) is 17.3. The summed E-state index contributed by atoms with van der Waals surface area (Å²) in [6, 6.07) is 16.9. The second kappa shape index (κ2) is 8.52. The number of amides is 2. The van der Waals surface area contributed by atoms with Gasteiger partial charge in [0.15, 0.2) is 5.82 Å². The van der Waals surface area contributed by atoms with Crippen molar-refractivity contribution in [3.63, 3.8) is 0 Å². The number of anilines is 1. The molecule has 0 saturated heterocycles. The number of aromatic nitrogens is 4. The van der Waals surface area contributed by atoms with E-state index >= 15 is 0 Å². The van der Waals surface area contributed by atoms with E-state index in [9.17, 15) is 4.79 Å². The van der Waals surface area contributed by atoms with Crippen molar-refractivity contribution in [2.24, 2.45) is 0 Å². The fourth-order valence-corrected chi connectivity index (χ4v) is 4.21. The van der Waals surface area contributed by atoms with Gasteiger partial charge in [-0.1, -0.05) is 49.6 Å². The van der Waals surface area contributed by atoms with Crippen molar-refractivity contribution in [3.05, 3.63) is 60.4 Å². The Labute approximate surface area is 175 Å². The van der Waals surface area contributed by atoms with Crippen LogP contribution < -0.4 is 10.1 Å². The van der Waals surface area contributed by atoms with Gasteiger partial charge in [0.05, 0.1) is 7.11 Å². The summed E-state index contributed by atoms with van der Waals surface area (Å²) in [5.74, 6) is 1.32. The molecule has 1 aromatic heterocycles. The van der Waals surface area contributed by atoms with E-state index < -0.39 is 5.54 Å². The average molecular weight is 406 g/mol. The van der Waals surface area contributed by atoms with Crippen LogP contribution in [0.25, 0.3) is 5.69 Å². The predicted molar refractivity (Wildman–Crippen MR) is 114 cm³/mol. The van der Waals surface area contributed by atoms with E-state index in [-0.39, 0.29) is 6.03 Å². The van der Waals surface area contributed by atoms with Crippen LogP contribution in [0.2, 0.25) is 0 Å². The van der Waals surface area contributed by atoms with Crippen LogP contribution in [0, 0.1) is 0 Å². The monoisotopic (exact) mass is 406 g/mol. The number of hydrogen-bond acceptors (Lipinski definition) is 5. The molecule has 156 valence electrons. The molecule has 2 aromatic carbocycles. The van der Waals surface area contributed by atoms with E-state index in [1.54, 1.807) is 16.7 Å². The maximum atomic E-state index is 13.2. The van der Waals surface area contributed by atoms with E-state index in [1.165, 1.54) is 0 Å². The largest absolute Gasteiger partial charge is 0.494 e. The zero-order chi connectivity index (χ0) is 21.0. The second-order valence-electron chi connectivity index (χ2n) is 7.53. The van der Waals surface area contributed by atoms with Gasteiger partial charge in [-0.2, -0.15) is 4.68 Å². The minimum Gasteiger partial charge on any atom is -0.494 e. The summed E-state index contributed by atoms with van der Waals surface area (Å²) in [5, 5.41) is 15.6. The summed E-state index contributed by atoms with van der Waals surface area (Å²) in [5.41, 5.74) is 0.896. The second-order valence-corrected chi connectivity index (χ2v) is 7.53. The Morgan fingerprint density at radius 1 is 1.07 bits per heavy atom. The van der Waals surface area contributed by atoms with Gasteiger partial charge in [-0.05, 0) is 47.5 Å². The van der Waals surface area contributed by atoms with Crippen LogP contribution in [0.3, 0.4) is 0 Å². The summed E-state index contributed by atoms with van der Waals surface area (Å²) in [6.07, 6.45) is 4.72. The third kappa shape index (κ3) is 3.60. The number of hydrogen-bond donors (Lipinski definition) is 1. The van der Waals surface area contributed by atoms with Gasteiger partial charge in [-0.15, -0.1) is 5.10 Å². The Morgan fingerprint density at radius 3 is 2.50 bits per heavy atom. The number of nitrogens with zero attached hydrogens (tertiary/aromatic N) is 5. The van der Waals surface area contributed by atoms with Gasteiger partial charge >= 0.3 is 6.03 Å². The summed E-state index contributed by atoms with van der Waals surface area (Å²) in [7, 11) is 3.45. The van der Waals surface area contributed by atoms with Crippen LogP contribution in [0.15, 0.2) is 54.6 Å². The van der Waals surface area contributed by atoms with E-state index in [4.69, 9.17) is 4.74 Å².